The molecular formula is C9H11S2. The third-order valence-corrected chi connectivity index (χ3v) is 3.28. The number of benzene rings is 1. The molecule has 0 nitrogen and oxygen atoms in total. The lowest BCUT2D eigenvalue weighted by atomic mass is 10.2. The van der Waals surface area contributed by atoms with Crippen LogP contribution in [0.4, 0.5) is 0 Å². The van der Waals surface area contributed by atoms with E-state index >= 15 is 0 Å². The Morgan fingerprint density at radius 2 is 1.91 bits per heavy atom. The molecule has 0 aromatic heterocycles. The van der Waals surface area contributed by atoms with Crippen LogP contribution in [0.1, 0.15) is 5.56 Å². The van der Waals surface area contributed by atoms with Crippen molar-refractivity contribution in [3.63, 3.8) is 0 Å². The highest BCUT2D eigenvalue weighted by molar-refractivity contribution is 8.01. The molecule has 0 saturated heterocycles. The maximum absolute atomic E-state index is 3.97. The summed E-state index contributed by atoms with van der Waals surface area (Å²) in [6.07, 6.45) is 4.18. The quantitative estimate of drug-likeness (QED) is 0.645. The Balaban J connectivity index is 3.13. The number of thioether (sulfide) groups is 2. The average Bonchev–Trinajstić information content (AvgIpc) is 2.04. The number of hydrogen-bond donors (Lipinski definition) is 0. The molecule has 0 N–H and O–H groups in total. The Morgan fingerprint density at radius 1 is 1.18 bits per heavy atom. The minimum atomic E-state index is 1.13. The van der Waals surface area contributed by atoms with Crippen molar-refractivity contribution in [1.29, 1.82) is 0 Å². The molecule has 0 heterocycles. The van der Waals surface area contributed by atoms with Gasteiger partial charge < -0.3 is 0 Å². The van der Waals surface area contributed by atoms with Crippen molar-refractivity contribution in [2.75, 3.05) is 12.5 Å². The smallest absolute Gasteiger partial charge is 0.0237 e. The van der Waals surface area contributed by atoms with Gasteiger partial charge in [0.05, 0.1) is 0 Å². The highest BCUT2D eigenvalue weighted by Crippen LogP contribution is 2.30. The van der Waals surface area contributed by atoms with E-state index < -0.39 is 0 Å². The zero-order valence-electron chi connectivity index (χ0n) is 6.76. The molecule has 0 spiro atoms. The molecule has 0 saturated carbocycles. The topological polar surface area (TPSA) is 0 Å². The summed E-state index contributed by atoms with van der Waals surface area (Å²) in [5.74, 6) is 0. The summed E-state index contributed by atoms with van der Waals surface area (Å²) in [4.78, 5) is 2.63. The van der Waals surface area contributed by atoms with Gasteiger partial charge in [-0.25, -0.2) is 0 Å². The van der Waals surface area contributed by atoms with E-state index in [0.717, 1.165) is 5.56 Å². The van der Waals surface area contributed by atoms with E-state index in [1.165, 1.54) is 9.79 Å². The zero-order chi connectivity index (χ0) is 8.27. The molecule has 0 aliphatic carbocycles. The SMILES string of the molecule is [CH2]c1cccc(SC)c1SC. The second-order valence-electron chi connectivity index (χ2n) is 2.15. The van der Waals surface area contributed by atoms with Gasteiger partial charge >= 0.3 is 0 Å². The molecular weight excluding hydrogens is 172 g/mol. The standard InChI is InChI=1S/C9H11S2/c1-7-5-4-6-8(10-2)9(7)11-3/h4-6H,1H2,2-3H3. The van der Waals surface area contributed by atoms with Crippen LogP contribution >= 0.6 is 23.5 Å². The molecule has 0 unspecified atom stereocenters. The Bertz CT molecular complexity index is 243. The third kappa shape index (κ3) is 1.94. The van der Waals surface area contributed by atoms with Crippen LogP contribution in [0.3, 0.4) is 0 Å². The van der Waals surface area contributed by atoms with E-state index in [-0.39, 0.29) is 0 Å². The predicted molar refractivity (Wildman–Crippen MR) is 54.5 cm³/mol. The van der Waals surface area contributed by atoms with Gasteiger partial charge in [-0.2, -0.15) is 0 Å². The molecule has 1 aromatic rings. The summed E-state index contributed by atoms with van der Waals surface area (Å²) >= 11 is 3.54. The van der Waals surface area contributed by atoms with Gasteiger partial charge in [-0.05, 0) is 31.1 Å². The molecule has 2 heteroatoms. The lowest BCUT2D eigenvalue weighted by molar-refractivity contribution is 1.22. The Kier molecular flexibility index (Phi) is 3.34. The minimum Gasteiger partial charge on any atom is -0.128 e. The zero-order valence-corrected chi connectivity index (χ0v) is 8.39. The van der Waals surface area contributed by atoms with E-state index in [2.05, 4.69) is 25.5 Å². The summed E-state index contributed by atoms with van der Waals surface area (Å²) in [6, 6.07) is 6.23. The molecule has 1 aromatic carbocycles. The van der Waals surface area contributed by atoms with Crippen LogP contribution in [-0.4, -0.2) is 12.5 Å². The maximum Gasteiger partial charge on any atom is 0.0237 e. The molecule has 0 bridgehead atoms. The highest BCUT2D eigenvalue weighted by atomic mass is 32.2. The summed E-state index contributed by atoms with van der Waals surface area (Å²) in [6.45, 7) is 3.97. The molecule has 1 rings (SSSR count). The van der Waals surface area contributed by atoms with Crippen molar-refractivity contribution in [1.82, 2.24) is 0 Å². The fraction of sp³-hybridized carbons (Fsp3) is 0.222. The van der Waals surface area contributed by atoms with Gasteiger partial charge in [0.2, 0.25) is 0 Å². The molecule has 0 aliphatic rings. The summed E-state index contributed by atoms with van der Waals surface area (Å²) in [5, 5.41) is 0. The fourth-order valence-corrected chi connectivity index (χ4v) is 2.58. The van der Waals surface area contributed by atoms with E-state index in [1.54, 1.807) is 23.5 Å². The molecule has 0 aliphatic heterocycles. The van der Waals surface area contributed by atoms with Gasteiger partial charge in [-0.3, -0.25) is 0 Å². The lowest BCUT2D eigenvalue weighted by Crippen LogP contribution is -1.81. The van der Waals surface area contributed by atoms with Crippen LogP contribution in [0.25, 0.3) is 0 Å². The van der Waals surface area contributed by atoms with Crippen molar-refractivity contribution in [2.24, 2.45) is 0 Å². The summed E-state index contributed by atoms with van der Waals surface area (Å²) in [5.41, 5.74) is 1.13. The highest BCUT2D eigenvalue weighted by Gasteiger charge is 2.01. The van der Waals surface area contributed by atoms with Crippen LogP contribution in [0, 0.1) is 6.92 Å². The van der Waals surface area contributed by atoms with Crippen LogP contribution in [0.15, 0.2) is 28.0 Å². The van der Waals surface area contributed by atoms with Crippen LogP contribution in [0.2, 0.25) is 0 Å². The summed E-state index contributed by atoms with van der Waals surface area (Å²) in [7, 11) is 0. The van der Waals surface area contributed by atoms with Crippen LogP contribution < -0.4 is 0 Å². The molecule has 0 atom stereocenters. The normalized spacial score (nSPS) is 10.1. The van der Waals surface area contributed by atoms with Gasteiger partial charge in [-0.15, -0.1) is 23.5 Å². The second-order valence-corrected chi connectivity index (χ2v) is 3.82. The molecule has 0 fully saturated rings. The van der Waals surface area contributed by atoms with Crippen molar-refractivity contribution >= 4 is 23.5 Å². The van der Waals surface area contributed by atoms with Crippen molar-refractivity contribution in [2.45, 2.75) is 9.79 Å². The Hall–Kier alpha value is -0.0800. The van der Waals surface area contributed by atoms with E-state index in [9.17, 15) is 0 Å². The first-order valence-corrected chi connectivity index (χ1v) is 5.77. The van der Waals surface area contributed by atoms with Gasteiger partial charge in [0, 0.05) is 9.79 Å². The lowest BCUT2D eigenvalue weighted by Gasteiger charge is -2.06. The van der Waals surface area contributed by atoms with Gasteiger partial charge in [0.1, 0.15) is 0 Å². The number of hydrogen-bond acceptors (Lipinski definition) is 2. The van der Waals surface area contributed by atoms with Gasteiger partial charge in [0.15, 0.2) is 0 Å². The second kappa shape index (κ2) is 4.07. The van der Waals surface area contributed by atoms with Crippen LogP contribution in [0.5, 0.6) is 0 Å². The molecule has 11 heavy (non-hydrogen) atoms. The fourth-order valence-electron chi connectivity index (χ4n) is 0.954. The van der Waals surface area contributed by atoms with E-state index in [0.29, 0.717) is 0 Å². The molecule has 1 radical (unpaired) electrons. The summed E-state index contributed by atoms with van der Waals surface area (Å²) < 4.78 is 0. The van der Waals surface area contributed by atoms with E-state index in [1.807, 2.05) is 12.1 Å². The predicted octanol–water partition coefficient (Wildman–Crippen LogP) is 3.31. The van der Waals surface area contributed by atoms with Gasteiger partial charge in [0.25, 0.3) is 0 Å². The van der Waals surface area contributed by atoms with Crippen LogP contribution in [-0.2, 0) is 0 Å². The van der Waals surface area contributed by atoms with Crippen molar-refractivity contribution < 1.29 is 0 Å². The third-order valence-electron chi connectivity index (χ3n) is 1.48. The Morgan fingerprint density at radius 3 is 2.36 bits per heavy atom. The molecule has 59 valence electrons. The largest absolute Gasteiger partial charge is 0.128 e. The van der Waals surface area contributed by atoms with Crippen molar-refractivity contribution in [3.05, 3.63) is 30.7 Å². The van der Waals surface area contributed by atoms with Crippen molar-refractivity contribution in [3.8, 4) is 0 Å². The first kappa shape index (κ1) is 9.01. The average molecular weight is 183 g/mol. The first-order valence-electron chi connectivity index (χ1n) is 3.32. The monoisotopic (exact) mass is 183 g/mol. The maximum atomic E-state index is 3.97. The molecule has 0 amide bonds. The Labute approximate surface area is 76.8 Å². The number of rotatable bonds is 2. The van der Waals surface area contributed by atoms with E-state index in [4.69, 9.17) is 0 Å². The first-order chi connectivity index (χ1) is 5.29. The van der Waals surface area contributed by atoms with Gasteiger partial charge in [-0.1, -0.05) is 12.1 Å². The minimum absolute atomic E-state index is 1.13.